The summed E-state index contributed by atoms with van der Waals surface area (Å²) in [5, 5.41) is 12.5. The van der Waals surface area contributed by atoms with Crippen LogP contribution in [0.4, 0.5) is 5.69 Å². The molecule has 3 aromatic rings. The molecule has 0 fully saturated rings. The van der Waals surface area contributed by atoms with E-state index in [9.17, 15) is 9.59 Å². The number of nitrogens with one attached hydrogen (secondary N) is 1. The average Bonchev–Trinajstić information content (AvgIpc) is 3.23. The summed E-state index contributed by atoms with van der Waals surface area (Å²) in [4.78, 5) is 25.0. The number of carboxylic acid groups (broad SMARTS) is 1. The zero-order valence-electron chi connectivity index (χ0n) is 21.0. The topological polar surface area (TPSA) is 92.0 Å². The average molecular weight is 479 g/mol. The third-order valence-corrected chi connectivity index (χ3v) is 5.88. The standard InChI is InChI=1S/C28H34N2O5/c1-18(2)15-24(22-17-25(35-19(22)3)20-9-7-6-8-10-20)29-23-12-11-21(16-26(23)34-5)28(33)30(4)14-13-27(31)32/h6-12,16-18,24,29H,13-15H2,1-5H3,(H,31,32). The normalized spacial score (nSPS) is 11.8. The van der Waals surface area contributed by atoms with Crippen molar-refractivity contribution < 1.29 is 23.8 Å². The van der Waals surface area contributed by atoms with Crippen molar-refractivity contribution in [3.05, 3.63) is 71.5 Å². The summed E-state index contributed by atoms with van der Waals surface area (Å²) in [5.74, 6) is 1.45. The predicted molar refractivity (Wildman–Crippen MR) is 137 cm³/mol. The fraction of sp³-hybridized carbons (Fsp3) is 0.357. The molecular formula is C28H34N2O5. The Labute approximate surface area is 206 Å². The fourth-order valence-corrected chi connectivity index (χ4v) is 4.04. The Bertz CT molecular complexity index is 1150. The number of amides is 1. The van der Waals surface area contributed by atoms with Gasteiger partial charge in [-0.05, 0) is 43.5 Å². The number of carbonyl (C=O) groups is 2. The summed E-state index contributed by atoms with van der Waals surface area (Å²) in [6.07, 6.45) is 0.765. The molecule has 1 unspecified atom stereocenters. The van der Waals surface area contributed by atoms with E-state index in [1.165, 1.54) is 4.90 Å². The molecule has 0 spiro atoms. The number of carbonyl (C=O) groups excluding carboxylic acids is 1. The van der Waals surface area contributed by atoms with Crippen LogP contribution in [-0.2, 0) is 4.79 Å². The molecule has 2 aromatic carbocycles. The summed E-state index contributed by atoms with van der Waals surface area (Å²) in [6.45, 7) is 6.46. The lowest BCUT2D eigenvalue weighted by molar-refractivity contribution is -0.137. The molecule has 2 N–H and O–H groups in total. The minimum absolute atomic E-state index is 0.0232. The number of methoxy groups -OCH3 is 1. The van der Waals surface area contributed by atoms with Gasteiger partial charge in [-0.2, -0.15) is 0 Å². The van der Waals surface area contributed by atoms with Crippen LogP contribution < -0.4 is 10.1 Å². The number of anilines is 1. The van der Waals surface area contributed by atoms with Crippen molar-refractivity contribution in [2.45, 2.75) is 39.7 Å². The first-order valence-electron chi connectivity index (χ1n) is 11.8. The molecule has 35 heavy (non-hydrogen) atoms. The maximum absolute atomic E-state index is 12.8. The molecule has 3 rings (SSSR count). The molecule has 7 nitrogen and oxygen atoms in total. The quantitative estimate of drug-likeness (QED) is 0.351. The smallest absolute Gasteiger partial charge is 0.305 e. The highest BCUT2D eigenvalue weighted by molar-refractivity contribution is 5.95. The van der Waals surface area contributed by atoms with E-state index in [-0.39, 0.29) is 24.9 Å². The van der Waals surface area contributed by atoms with E-state index in [1.54, 1.807) is 26.3 Å². The van der Waals surface area contributed by atoms with E-state index < -0.39 is 5.97 Å². The zero-order valence-corrected chi connectivity index (χ0v) is 21.0. The van der Waals surface area contributed by atoms with E-state index in [0.29, 0.717) is 17.2 Å². The van der Waals surface area contributed by atoms with E-state index >= 15 is 0 Å². The van der Waals surface area contributed by atoms with E-state index in [2.05, 4.69) is 25.2 Å². The number of hydrogen-bond donors (Lipinski definition) is 2. The van der Waals surface area contributed by atoms with Crippen molar-refractivity contribution in [3.8, 4) is 17.1 Å². The monoisotopic (exact) mass is 478 g/mol. The second-order valence-corrected chi connectivity index (χ2v) is 9.10. The zero-order chi connectivity index (χ0) is 25.5. The molecule has 0 radical (unpaired) electrons. The first kappa shape index (κ1) is 25.9. The van der Waals surface area contributed by atoms with Gasteiger partial charge in [-0.3, -0.25) is 9.59 Å². The molecule has 1 atom stereocenters. The molecule has 1 aromatic heterocycles. The number of carboxylic acids is 1. The van der Waals surface area contributed by atoms with Gasteiger partial charge < -0.3 is 24.5 Å². The van der Waals surface area contributed by atoms with Gasteiger partial charge in [0.05, 0.1) is 25.3 Å². The number of ether oxygens (including phenoxy) is 1. The molecule has 0 bridgehead atoms. The van der Waals surface area contributed by atoms with Gasteiger partial charge in [0.1, 0.15) is 17.3 Å². The summed E-state index contributed by atoms with van der Waals surface area (Å²) in [7, 11) is 3.16. The Hall–Kier alpha value is -3.74. The van der Waals surface area contributed by atoms with Crippen LogP contribution in [0.25, 0.3) is 11.3 Å². The van der Waals surface area contributed by atoms with Crippen LogP contribution in [0.5, 0.6) is 5.75 Å². The predicted octanol–water partition coefficient (Wildman–Crippen LogP) is 6.01. The lowest BCUT2D eigenvalue weighted by Crippen LogP contribution is -2.29. The highest BCUT2D eigenvalue weighted by atomic mass is 16.5. The van der Waals surface area contributed by atoms with Crippen LogP contribution in [0, 0.1) is 12.8 Å². The minimum atomic E-state index is -0.942. The van der Waals surface area contributed by atoms with Crippen LogP contribution in [0.3, 0.4) is 0 Å². The fourth-order valence-electron chi connectivity index (χ4n) is 4.04. The maximum Gasteiger partial charge on any atom is 0.305 e. The van der Waals surface area contributed by atoms with Crippen LogP contribution in [-0.4, -0.2) is 42.6 Å². The van der Waals surface area contributed by atoms with Gasteiger partial charge >= 0.3 is 5.97 Å². The number of hydrogen-bond acceptors (Lipinski definition) is 5. The van der Waals surface area contributed by atoms with Crippen molar-refractivity contribution in [1.82, 2.24) is 4.90 Å². The number of nitrogens with zero attached hydrogens (tertiary/aromatic N) is 1. The second kappa shape index (κ2) is 11.6. The highest BCUT2D eigenvalue weighted by Crippen LogP contribution is 2.36. The molecule has 0 saturated carbocycles. The number of benzene rings is 2. The lowest BCUT2D eigenvalue weighted by atomic mass is 9.96. The van der Waals surface area contributed by atoms with Gasteiger partial charge in [0.2, 0.25) is 0 Å². The SMILES string of the molecule is COc1cc(C(=O)N(C)CCC(=O)O)ccc1NC(CC(C)C)c1cc(-c2ccccc2)oc1C. The molecule has 186 valence electrons. The molecule has 0 aliphatic heterocycles. The number of rotatable bonds is 11. The van der Waals surface area contributed by atoms with Crippen molar-refractivity contribution >= 4 is 17.6 Å². The third kappa shape index (κ3) is 6.66. The minimum Gasteiger partial charge on any atom is -0.495 e. The Morgan fingerprint density at radius 3 is 2.46 bits per heavy atom. The molecule has 0 aliphatic rings. The van der Waals surface area contributed by atoms with Crippen LogP contribution >= 0.6 is 0 Å². The van der Waals surface area contributed by atoms with Gasteiger partial charge in [-0.15, -0.1) is 0 Å². The Balaban J connectivity index is 1.87. The van der Waals surface area contributed by atoms with Gasteiger partial charge in [0.25, 0.3) is 5.91 Å². The molecule has 1 heterocycles. The van der Waals surface area contributed by atoms with Gasteiger partial charge in [-0.1, -0.05) is 44.2 Å². The number of aryl methyl sites for hydroxylation is 1. The van der Waals surface area contributed by atoms with Crippen molar-refractivity contribution in [2.24, 2.45) is 5.92 Å². The Morgan fingerprint density at radius 1 is 1.11 bits per heavy atom. The van der Waals surface area contributed by atoms with Crippen molar-refractivity contribution in [2.75, 3.05) is 26.0 Å². The van der Waals surface area contributed by atoms with Gasteiger partial charge in [0, 0.05) is 30.3 Å². The molecule has 7 heteroatoms. The number of furan rings is 1. The Morgan fingerprint density at radius 2 is 1.83 bits per heavy atom. The highest BCUT2D eigenvalue weighted by Gasteiger charge is 2.22. The third-order valence-electron chi connectivity index (χ3n) is 5.88. The van der Waals surface area contributed by atoms with Crippen molar-refractivity contribution in [1.29, 1.82) is 0 Å². The molecular weight excluding hydrogens is 444 g/mol. The van der Waals surface area contributed by atoms with E-state index in [4.69, 9.17) is 14.3 Å². The van der Waals surface area contributed by atoms with Crippen LogP contribution in [0.1, 0.15) is 54.4 Å². The second-order valence-electron chi connectivity index (χ2n) is 9.10. The van der Waals surface area contributed by atoms with Crippen LogP contribution in [0.15, 0.2) is 59.0 Å². The molecule has 1 amide bonds. The van der Waals surface area contributed by atoms with E-state index in [1.807, 2.05) is 43.3 Å². The maximum atomic E-state index is 12.8. The molecule has 0 saturated heterocycles. The largest absolute Gasteiger partial charge is 0.495 e. The van der Waals surface area contributed by atoms with Crippen molar-refractivity contribution in [3.63, 3.8) is 0 Å². The first-order valence-corrected chi connectivity index (χ1v) is 11.8. The number of aliphatic carboxylic acids is 1. The summed E-state index contributed by atoms with van der Waals surface area (Å²) >= 11 is 0. The summed E-state index contributed by atoms with van der Waals surface area (Å²) in [5.41, 5.74) is 3.31. The first-order chi connectivity index (χ1) is 16.7. The van der Waals surface area contributed by atoms with E-state index in [0.717, 1.165) is 34.8 Å². The summed E-state index contributed by atoms with van der Waals surface area (Å²) < 4.78 is 11.7. The lowest BCUT2D eigenvalue weighted by Gasteiger charge is -2.23. The Kier molecular flexibility index (Phi) is 8.58. The van der Waals surface area contributed by atoms with Crippen LogP contribution in [0.2, 0.25) is 0 Å². The van der Waals surface area contributed by atoms with Gasteiger partial charge in [0.15, 0.2) is 0 Å². The van der Waals surface area contributed by atoms with Gasteiger partial charge in [-0.25, -0.2) is 0 Å². The summed E-state index contributed by atoms with van der Waals surface area (Å²) in [6, 6.07) is 17.3. The molecule has 0 aliphatic carbocycles.